The number of nitrogens with one attached hydrogen (secondary N) is 1. The summed E-state index contributed by atoms with van der Waals surface area (Å²) in [6.45, 7) is 1.68. The predicted molar refractivity (Wildman–Crippen MR) is 36.3 cm³/mol. The van der Waals surface area contributed by atoms with Crippen molar-refractivity contribution in [1.82, 2.24) is 4.98 Å². The van der Waals surface area contributed by atoms with Crippen molar-refractivity contribution in [3.63, 3.8) is 0 Å². The van der Waals surface area contributed by atoms with E-state index in [0.29, 0.717) is 5.56 Å². The smallest absolute Gasteiger partial charge is 0.160 e. The van der Waals surface area contributed by atoms with Crippen molar-refractivity contribution in [2.45, 2.75) is 6.92 Å². The van der Waals surface area contributed by atoms with E-state index >= 15 is 0 Å². The van der Waals surface area contributed by atoms with Crippen LogP contribution in [0.5, 0.6) is 0 Å². The molecule has 1 N–H and O–H groups in total. The van der Waals surface area contributed by atoms with Crippen LogP contribution in [0.4, 0.5) is 4.39 Å². The lowest BCUT2D eigenvalue weighted by Gasteiger charge is -1.91. The van der Waals surface area contributed by atoms with E-state index in [9.17, 15) is 4.39 Å². The summed E-state index contributed by atoms with van der Waals surface area (Å²) in [5.41, 5.74) is 0.582. The first-order chi connectivity index (χ1) is 4.22. The maximum absolute atomic E-state index is 12.6. The molecule has 3 heteroatoms. The highest BCUT2D eigenvalue weighted by molar-refractivity contribution is 7.71. The van der Waals surface area contributed by atoms with Gasteiger partial charge in [-0.25, -0.2) is 4.39 Å². The topological polar surface area (TPSA) is 15.8 Å². The highest BCUT2D eigenvalue weighted by Crippen LogP contribution is 2.02. The molecule has 1 aromatic rings. The van der Waals surface area contributed by atoms with Gasteiger partial charge < -0.3 is 4.98 Å². The van der Waals surface area contributed by atoms with Gasteiger partial charge in [0.1, 0.15) is 4.64 Å². The Labute approximate surface area is 57.5 Å². The molecular formula is C6H6FNS. The van der Waals surface area contributed by atoms with E-state index < -0.39 is 0 Å². The average molecular weight is 143 g/mol. The third-order valence-corrected chi connectivity index (χ3v) is 1.39. The third kappa shape index (κ3) is 1.16. The Balaban J connectivity index is 3.43. The maximum Gasteiger partial charge on any atom is 0.160 e. The van der Waals surface area contributed by atoms with E-state index in [1.54, 1.807) is 19.2 Å². The summed E-state index contributed by atoms with van der Waals surface area (Å²) in [6.07, 6.45) is 1.63. The summed E-state index contributed by atoms with van der Waals surface area (Å²) < 4.78 is 12.8. The number of halogens is 1. The molecule has 0 unspecified atom stereocenters. The number of pyridine rings is 1. The standard InChI is InChI=1S/C6H6FNS/c1-4-2-3-8-6(9)5(4)7/h2-3H,1H3,(H,8,9). The zero-order valence-corrected chi connectivity index (χ0v) is 5.76. The Morgan fingerprint density at radius 1 is 1.67 bits per heavy atom. The minimum absolute atomic E-state index is 0.176. The molecule has 0 fully saturated rings. The zero-order valence-electron chi connectivity index (χ0n) is 4.94. The summed E-state index contributed by atoms with van der Waals surface area (Å²) in [5.74, 6) is -0.326. The van der Waals surface area contributed by atoms with Gasteiger partial charge in [0.15, 0.2) is 5.82 Å². The van der Waals surface area contributed by atoms with Crippen molar-refractivity contribution in [1.29, 1.82) is 0 Å². The van der Waals surface area contributed by atoms with Gasteiger partial charge in [0, 0.05) is 6.20 Å². The van der Waals surface area contributed by atoms with E-state index in [1.165, 1.54) is 0 Å². The number of aryl methyl sites for hydroxylation is 1. The molecule has 0 aliphatic carbocycles. The van der Waals surface area contributed by atoms with Gasteiger partial charge in [-0.15, -0.1) is 0 Å². The Hall–Kier alpha value is -0.700. The summed E-state index contributed by atoms with van der Waals surface area (Å²) in [4.78, 5) is 2.58. The van der Waals surface area contributed by atoms with Crippen LogP contribution in [0, 0.1) is 17.4 Å². The molecule has 0 atom stereocenters. The van der Waals surface area contributed by atoms with E-state index in [4.69, 9.17) is 0 Å². The van der Waals surface area contributed by atoms with Gasteiger partial charge in [-0.05, 0) is 18.6 Å². The molecule has 0 spiro atoms. The molecule has 1 nitrogen and oxygen atoms in total. The highest BCUT2D eigenvalue weighted by atomic mass is 32.1. The molecule has 0 amide bonds. The monoisotopic (exact) mass is 143 g/mol. The minimum Gasteiger partial charge on any atom is -0.350 e. The first kappa shape index (κ1) is 6.42. The number of rotatable bonds is 0. The Kier molecular flexibility index (Phi) is 1.62. The van der Waals surface area contributed by atoms with Crippen molar-refractivity contribution in [3.8, 4) is 0 Å². The van der Waals surface area contributed by atoms with Gasteiger partial charge in [-0.3, -0.25) is 0 Å². The molecule has 1 heterocycles. The number of hydrogen-bond donors (Lipinski definition) is 1. The average Bonchev–Trinajstić information content (AvgIpc) is 1.83. The molecule has 0 aromatic carbocycles. The van der Waals surface area contributed by atoms with Crippen LogP contribution in [0.15, 0.2) is 12.3 Å². The van der Waals surface area contributed by atoms with Gasteiger partial charge >= 0.3 is 0 Å². The van der Waals surface area contributed by atoms with Crippen molar-refractivity contribution >= 4 is 12.2 Å². The van der Waals surface area contributed by atoms with Crippen LogP contribution in [-0.2, 0) is 0 Å². The van der Waals surface area contributed by atoms with E-state index in [2.05, 4.69) is 17.2 Å². The number of aromatic amines is 1. The molecule has 1 rings (SSSR count). The lowest BCUT2D eigenvalue weighted by molar-refractivity contribution is 0.607. The second kappa shape index (κ2) is 2.27. The van der Waals surface area contributed by atoms with Gasteiger partial charge in [-0.1, -0.05) is 12.2 Å². The number of hydrogen-bond acceptors (Lipinski definition) is 1. The molecule has 0 bridgehead atoms. The molecule has 48 valence electrons. The molecule has 0 saturated heterocycles. The van der Waals surface area contributed by atoms with Crippen LogP contribution in [-0.4, -0.2) is 4.98 Å². The third-order valence-electron chi connectivity index (χ3n) is 1.09. The van der Waals surface area contributed by atoms with Crippen molar-refractivity contribution in [2.75, 3.05) is 0 Å². The number of aromatic nitrogens is 1. The zero-order chi connectivity index (χ0) is 6.85. The van der Waals surface area contributed by atoms with Crippen molar-refractivity contribution in [2.24, 2.45) is 0 Å². The Bertz CT molecular complexity index is 266. The summed E-state index contributed by atoms with van der Waals surface area (Å²) in [5, 5.41) is 0. The number of H-pyrrole nitrogens is 1. The van der Waals surface area contributed by atoms with E-state index in [0.717, 1.165) is 0 Å². The summed E-state index contributed by atoms with van der Waals surface area (Å²) in [6, 6.07) is 1.64. The van der Waals surface area contributed by atoms with Crippen LogP contribution >= 0.6 is 12.2 Å². The molecule has 9 heavy (non-hydrogen) atoms. The molecule has 1 aromatic heterocycles. The van der Waals surface area contributed by atoms with Crippen LogP contribution < -0.4 is 0 Å². The predicted octanol–water partition coefficient (Wildman–Crippen LogP) is 2.19. The Morgan fingerprint density at radius 2 is 2.33 bits per heavy atom. The lowest BCUT2D eigenvalue weighted by Crippen LogP contribution is -1.84. The quantitative estimate of drug-likeness (QED) is 0.550. The van der Waals surface area contributed by atoms with Gasteiger partial charge in [0.25, 0.3) is 0 Å². The minimum atomic E-state index is -0.326. The van der Waals surface area contributed by atoms with E-state index in [1.807, 2.05) is 0 Å². The fourth-order valence-electron chi connectivity index (χ4n) is 0.558. The van der Waals surface area contributed by atoms with Crippen LogP contribution in [0.2, 0.25) is 0 Å². The molecule has 0 saturated carbocycles. The van der Waals surface area contributed by atoms with Gasteiger partial charge in [-0.2, -0.15) is 0 Å². The molecular weight excluding hydrogens is 137 g/mol. The lowest BCUT2D eigenvalue weighted by atomic mass is 10.3. The molecule has 0 radical (unpaired) electrons. The second-order valence-electron chi connectivity index (χ2n) is 1.80. The highest BCUT2D eigenvalue weighted by Gasteiger charge is 1.94. The fraction of sp³-hybridized carbons (Fsp3) is 0.167. The van der Waals surface area contributed by atoms with Crippen molar-refractivity contribution in [3.05, 3.63) is 28.3 Å². The maximum atomic E-state index is 12.6. The SMILES string of the molecule is Cc1cc[nH]c(=S)c1F. The summed E-state index contributed by atoms with van der Waals surface area (Å²) in [7, 11) is 0. The summed E-state index contributed by atoms with van der Waals surface area (Å²) >= 11 is 4.61. The van der Waals surface area contributed by atoms with Crippen LogP contribution in [0.1, 0.15) is 5.56 Å². The van der Waals surface area contributed by atoms with Gasteiger partial charge in [0.2, 0.25) is 0 Å². The van der Waals surface area contributed by atoms with Crippen molar-refractivity contribution < 1.29 is 4.39 Å². The second-order valence-corrected chi connectivity index (χ2v) is 2.21. The fourth-order valence-corrected chi connectivity index (χ4v) is 0.787. The van der Waals surface area contributed by atoms with E-state index in [-0.39, 0.29) is 10.5 Å². The van der Waals surface area contributed by atoms with Crippen LogP contribution in [0.25, 0.3) is 0 Å². The first-order valence-electron chi connectivity index (χ1n) is 2.55. The Morgan fingerprint density at radius 3 is 2.78 bits per heavy atom. The van der Waals surface area contributed by atoms with Crippen LogP contribution in [0.3, 0.4) is 0 Å². The molecule has 0 aliphatic rings. The first-order valence-corrected chi connectivity index (χ1v) is 2.96. The normalized spacial score (nSPS) is 9.56. The molecule has 0 aliphatic heterocycles. The van der Waals surface area contributed by atoms with Gasteiger partial charge in [0.05, 0.1) is 0 Å². The largest absolute Gasteiger partial charge is 0.350 e.